The zero-order chi connectivity index (χ0) is 21.8. The molecule has 2 aromatic carbocycles. The summed E-state index contributed by atoms with van der Waals surface area (Å²) in [5.41, 5.74) is 1.76. The van der Waals surface area contributed by atoms with Crippen LogP contribution in [0.4, 0.5) is 15.8 Å². The third kappa shape index (κ3) is 4.81. The van der Waals surface area contributed by atoms with Crippen LogP contribution in [0.5, 0.6) is 5.75 Å². The van der Waals surface area contributed by atoms with E-state index in [1.54, 1.807) is 17.0 Å². The van der Waals surface area contributed by atoms with E-state index in [1.165, 1.54) is 12.1 Å². The molecular formula is C24H28FN3O3. The van der Waals surface area contributed by atoms with E-state index in [0.717, 1.165) is 23.5 Å². The molecule has 31 heavy (non-hydrogen) atoms. The Morgan fingerprint density at radius 3 is 2.29 bits per heavy atom. The minimum atomic E-state index is -0.319. The van der Waals surface area contributed by atoms with Gasteiger partial charge in [0.25, 0.3) is 0 Å². The molecule has 164 valence electrons. The predicted octanol–water partition coefficient (Wildman–Crippen LogP) is 3.32. The van der Waals surface area contributed by atoms with Crippen molar-refractivity contribution in [2.24, 2.45) is 5.92 Å². The van der Waals surface area contributed by atoms with Crippen LogP contribution in [-0.4, -0.2) is 56.0 Å². The minimum Gasteiger partial charge on any atom is -0.494 e. The van der Waals surface area contributed by atoms with Crippen LogP contribution in [0.1, 0.15) is 19.8 Å². The zero-order valence-corrected chi connectivity index (χ0v) is 17.8. The Kier molecular flexibility index (Phi) is 6.39. The van der Waals surface area contributed by atoms with Gasteiger partial charge in [-0.15, -0.1) is 0 Å². The summed E-state index contributed by atoms with van der Waals surface area (Å²) in [5, 5.41) is 0. The van der Waals surface area contributed by atoms with Crippen molar-refractivity contribution >= 4 is 23.2 Å². The molecule has 0 bridgehead atoms. The second kappa shape index (κ2) is 9.37. The Labute approximate surface area is 182 Å². The highest BCUT2D eigenvalue weighted by molar-refractivity contribution is 6.00. The van der Waals surface area contributed by atoms with Gasteiger partial charge in [-0.25, -0.2) is 4.39 Å². The van der Waals surface area contributed by atoms with Crippen LogP contribution in [-0.2, 0) is 9.59 Å². The quantitative estimate of drug-likeness (QED) is 0.713. The Hall–Kier alpha value is -3.09. The van der Waals surface area contributed by atoms with Gasteiger partial charge >= 0.3 is 0 Å². The highest BCUT2D eigenvalue weighted by atomic mass is 19.1. The molecule has 2 heterocycles. The van der Waals surface area contributed by atoms with Gasteiger partial charge < -0.3 is 19.4 Å². The lowest BCUT2D eigenvalue weighted by Crippen LogP contribution is -2.50. The van der Waals surface area contributed by atoms with Gasteiger partial charge in [-0.3, -0.25) is 9.59 Å². The molecule has 2 amide bonds. The van der Waals surface area contributed by atoms with Crippen LogP contribution >= 0.6 is 0 Å². The van der Waals surface area contributed by atoms with Crippen LogP contribution < -0.4 is 14.5 Å². The van der Waals surface area contributed by atoms with Crippen molar-refractivity contribution in [3.8, 4) is 5.75 Å². The molecule has 0 spiro atoms. The van der Waals surface area contributed by atoms with E-state index in [-0.39, 0.29) is 30.0 Å². The molecule has 0 N–H and O–H groups in total. The molecule has 7 heteroatoms. The number of hydrogen-bond donors (Lipinski definition) is 0. The third-order valence-corrected chi connectivity index (χ3v) is 5.88. The highest BCUT2D eigenvalue weighted by Crippen LogP contribution is 2.28. The Bertz CT molecular complexity index is 909. The molecule has 0 radical (unpaired) electrons. The lowest BCUT2D eigenvalue weighted by atomic mass is 10.1. The molecular weight excluding hydrogens is 397 g/mol. The van der Waals surface area contributed by atoms with Gasteiger partial charge in [-0.1, -0.05) is 6.92 Å². The molecule has 2 aliphatic rings. The van der Waals surface area contributed by atoms with E-state index < -0.39 is 0 Å². The summed E-state index contributed by atoms with van der Waals surface area (Å²) in [6.07, 6.45) is 1.18. The van der Waals surface area contributed by atoms with Crippen LogP contribution in [0.3, 0.4) is 0 Å². The second-order valence-electron chi connectivity index (χ2n) is 8.04. The highest BCUT2D eigenvalue weighted by Gasteiger charge is 2.38. The maximum absolute atomic E-state index is 13.1. The van der Waals surface area contributed by atoms with E-state index in [4.69, 9.17) is 4.74 Å². The standard InChI is InChI=1S/C24H28FN3O3/c1-2-15-31-22-9-7-21(8-10-22)28-17-18(16-23(28)29)24(30)27-13-11-26(12-14-27)20-5-3-19(25)4-6-20/h3-10,18H,2,11-17H2,1H3/t18-/m1/s1. The zero-order valence-electron chi connectivity index (χ0n) is 17.8. The number of carbonyl (C=O) groups excluding carboxylic acids is 2. The van der Waals surface area contributed by atoms with Crippen molar-refractivity contribution in [2.45, 2.75) is 19.8 Å². The largest absolute Gasteiger partial charge is 0.494 e. The molecule has 2 fully saturated rings. The second-order valence-corrected chi connectivity index (χ2v) is 8.04. The Balaban J connectivity index is 1.32. The van der Waals surface area contributed by atoms with Crippen molar-refractivity contribution in [1.82, 2.24) is 4.90 Å². The summed E-state index contributed by atoms with van der Waals surface area (Å²) < 4.78 is 18.7. The molecule has 2 aromatic rings. The number of benzene rings is 2. The van der Waals surface area contributed by atoms with E-state index in [2.05, 4.69) is 11.8 Å². The first-order valence-corrected chi connectivity index (χ1v) is 10.9. The molecule has 4 rings (SSSR count). The number of amides is 2. The molecule has 0 aromatic heterocycles. The maximum atomic E-state index is 13.1. The van der Waals surface area contributed by atoms with Gasteiger partial charge in [0.2, 0.25) is 11.8 Å². The number of rotatable bonds is 6. The summed E-state index contributed by atoms with van der Waals surface area (Å²) in [4.78, 5) is 31.3. The van der Waals surface area contributed by atoms with E-state index in [0.29, 0.717) is 39.3 Å². The molecule has 0 unspecified atom stereocenters. The molecule has 2 aliphatic heterocycles. The van der Waals surface area contributed by atoms with Crippen LogP contribution in [0.15, 0.2) is 48.5 Å². The monoisotopic (exact) mass is 425 g/mol. The molecule has 0 saturated carbocycles. The summed E-state index contributed by atoms with van der Waals surface area (Å²) in [6, 6.07) is 13.9. The minimum absolute atomic E-state index is 0.0227. The molecule has 1 atom stereocenters. The first-order chi connectivity index (χ1) is 15.0. The lowest BCUT2D eigenvalue weighted by Gasteiger charge is -2.37. The van der Waals surface area contributed by atoms with Crippen molar-refractivity contribution in [1.29, 1.82) is 0 Å². The number of nitrogens with zero attached hydrogens (tertiary/aromatic N) is 3. The summed E-state index contributed by atoms with van der Waals surface area (Å²) in [5.74, 6) is 0.226. The van der Waals surface area contributed by atoms with E-state index in [9.17, 15) is 14.0 Å². The van der Waals surface area contributed by atoms with Crippen molar-refractivity contribution < 1.29 is 18.7 Å². The van der Waals surface area contributed by atoms with Gasteiger partial charge in [-0.05, 0) is 55.0 Å². The first-order valence-electron chi connectivity index (χ1n) is 10.9. The average molecular weight is 426 g/mol. The van der Waals surface area contributed by atoms with Crippen molar-refractivity contribution in [3.63, 3.8) is 0 Å². The normalized spacial score (nSPS) is 19.1. The van der Waals surface area contributed by atoms with Crippen molar-refractivity contribution in [2.75, 3.05) is 49.1 Å². The SMILES string of the molecule is CCCOc1ccc(N2C[C@H](C(=O)N3CCN(c4ccc(F)cc4)CC3)CC2=O)cc1. The fourth-order valence-corrected chi connectivity index (χ4v) is 4.16. The smallest absolute Gasteiger partial charge is 0.228 e. The van der Waals surface area contributed by atoms with E-state index in [1.807, 2.05) is 29.2 Å². The first kappa shape index (κ1) is 21.2. The number of carbonyl (C=O) groups is 2. The fraction of sp³-hybridized carbons (Fsp3) is 0.417. The Morgan fingerprint density at radius 2 is 1.65 bits per heavy atom. The van der Waals surface area contributed by atoms with Gasteiger partial charge in [0.15, 0.2) is 0 Å². The molecule has 0 aliphatic carbocycles. The summed E-state index contributed by atoms with van der Waals surface area (Å²) in [6.45, 7) is 5.71. The number of anilines is 2. The number of hydrogen-bond acceptors (Lipinski definition) is 4. The average Bonchev–Trinajstić information content (AvgIpc) is 3.20. The summed E-state index contributed by atoms with van der Waals surface area (Å²) in [7, 11) is 0. The van der Waals surface area contributed by atoms with Crippen molar-refractivity contribution in [3.05, 3.63) is 54.3 Å². The predicted molar refractivity (Wildman–Crippen MR) is 118 cm³/mol. The van der Waals surface area contributed by atoms with Gasteiger partial charge in [0.05, 0.1) is 12.5 Å². The maximum Gasteiger partial charge on any atom is 0.228 e. The lowest BCUT2D eigenvalue weighted by molar-refractivity contribution is -0.136. The molecule has 6 nitrogen and oxygen atoms in total. The van der Waals surface area contributed by atoms with Gasteiger partial charge in [0.1, 0.15) is 11.6 Å². The summed E-state index contributed by atoms with van der Waals surface area (Å²) >= 11 is 0. The third-order valence-electron chi connectivity index (χ3n) is 5.88. The van der Waals surface area contributed by atoms with Gasteiger partial charge in [-0.2, -0.15) is 0 Å². The topological polar surface area (TPSA) is 53.1 Å². The fourth-order valence-electron chi connectivity index (χ4n) is 4.16. The van der Waals surface area contributed by atoms with E-state index >= 15 is 0 Å². The molecule has 2 saturated heterocycles. The Morgan fingerprint density at radius 1 is 1.00 bits per heavy atom. The number of halogens is 1. The van der Waals surface area contributed by atoms with Crippen LogP contribution in [0, 0.1) is 11.7 Å². The van der Waals surface area contributed by atoms with Gasteiger partial charge in [0, 0.05) is 50.5 Å². The van der Waals surface area contributed by atoms with Crippen LogP contribution in [0.2, 0.25) is 0 Å². The number of ether oxygens (including phenoxy) is 1. The number of piperazine rings is 1. The van der Waals surface area contributed by atoms with Crippen LogP contribution in [0.25, 0.3) is 0 Å².